The largest absolute Gasteiger partial charge is 0.343 e. The van der Waals surface area contributed by atoms with E-state index in [0.29, 0.717) is 24.7 Å². The molecule has 0 fully saturated rings. The fraction of sp³-hybridized carbons (Fsp3) is 0.200. The van der Waals surface area contributed by atoms with Crippen molar-refractivity contribution in [2.75, 3.05) is 11.9 Å². The molecule has 0 spiro atoms. The molecule has 0 atom stereocenters. The van der Waals surface area contributed by atoms with Crippen LogP contribution in [0.3, 0.4) is 0 Å². The third kappa shape index (κ3) is 2.98. The highest BCUT2D eigenvalue weighted by atomic mass is 16.2. The Morgan fingerprint density at radius 3 is 2.82 bits per heavy atom. The third-order valence-corrected chi connectivity index (χ3v) is 4.94. The summed E-state index contributed by atoms with van der Waals surface area (Å²) in [5.74, 6) is 0.460. The minimum absolute atomic E-state index is 0.132. The molecule has 1 aliphatic rings. The van der Waals surface area contributed by atoms with E-state index in [-0.39, 0.29) is 6.03 Å². The molecule has 4 heterocycles. The van der Waals surface area contributed by atoms with Gasteiger partial charge in [-0.25, -0.2) is 19.4 Å². The second kappa shape index (κ2) is 6.80. The minimum Gasteiger partial charge on any atom is -0.343 e. The van der Waals surface area contributed by atoms with Gasteiger partial charge in [0.25, 0.3) is 0 Å². The summed E-state index contributed by atoms with van der Waals surface area (Å²) in [5.41, 5.74) is 2.99. The number of para-hydroxylation sites is 1. The number of aromatic nitrogens is 5. The van der Waals surface area contributed by atoms with E-state index in [9.17, 15) is 4.79 Å². The van der Waals surface area contributed by atoms with Crippen molar-refractivity contribution >= 4 is 22.6 Å². The van der Waals surface area contributed by atoms with Gasteiger partial charge in [0.2, 0.25) is 5.95 Å². The Morgan fingerprint density at radius 2 is 1.93 bits per heavy atom. The molecule has 2 amide bonds. The molecule has 5 rings (SSSR count). The number of rotatable bonds is 2. The first-order valence-electron chi connectivity index (χ1n) is 9.23. The molecule has 140 valence electrons. The van der Waals surface area contributed by atoms with Crippen LogP contribution >= 0.6 is 0 Å². The van der Waals surface area contributed by atoms with Crippen LogP contribution in [0.25, 0.3) is 16.9 Å². The van der Waals surface area contributed by atoms with Crippen molar-refractivity contribution in [3.05, 3.63) is 66.9 Å². The summed E-state index contributed by atoms with van der Waals surface area (Å²) in [6, 6.07) is 12.1. The number of carbonyl (C=O) groups excluding carboxylic acids is 1. The molecule has 8 heteroatoms. The summed E-state index contributed by atoms with van der Waals surface area (Å²) in [6.45, 7) is 2.20. The van der Waals surface area contributed by atoms with Gasteiger partial charge < -0.3 is 14.8 Å². The number of benzene rings is 1. The fourth-order valence-corrected chi connectivity index (χ4v) is 3.64. The summed E-state index contributed by atoms with van der Waals surface area (Å²) in [7, 11) is 0. The normalized spacial score (nSPS) is 13.9. The maximum atomic E-state index is 12.8. The summed E-state index contributed by atoms with van der Waals surface area (Å²) in [6.07, 6.45) is 7.53. The van der Waals surface area contributed by atoms with Crippen LogP contribution in [0.2, 0.25) is 0 Å². The number of fused-ring (bicyclic) bond motifs is 3. The monoisotopic (exact) mass is 373 g/mol. The van der Waals surface area contributed by atoms with Crippen LogP contribution < -0.4 is 5.32 Å². The average Bonchev–Trinajstić information content (AvgIpc) is 3.27. The van der Waals surface area contributed by atoms with Crippen LogP contribution in [0.5, 0.6) is 0 Å². The van der Waals surface area contributed by atoms with Gasteiger partial charge in [0.15, 0.2) is 0 Å². The van der Waals surface area contributed by atoms with Crippen molar-refractivity contribution in [3.8, 4) is 5.95 Å². The Kier molecular flexibility index (Phi) is 4.01. The summed E-state index contributed by atoms with van der Waals surface area (Å²) < 4.78 is 3.85. The van der Waals surface area contributed by atoms with Gasteiger partial charge in [0.1, 0.15) is 0 Å². The lowest BCUT2D eigenvalue weighted by atomic mass is 10.2. The van der Waals surface area contributed by atoms with Gasteiger partial charge in [-0.15, -0.1) is 0 Å². The zero-order valence-corrected chi connectivity index (χ0v) is 15.2. The molecule has 0 saturated carbocycles. The van der Waals surface area contributed by atoms with E-state index in [0.717, 1.165) is 18.7 Å². The Hall–Kier alpha value is -3.68. The molecule has 8 nitrogen and oxygen atoms in total. The van der Waals surface area contributed by atoms with E-state index in [2.05, 4.69) is 49.2 Å². The second-order valence-electron chi connectivity index (χ2n) is 6.77. The zero-order chi connectivity index (χ0) is 18.9. The van der Waals surface area contributed by atoms with Gasteiger partial charge in [-0.3, -0.25) is 0 Å². The molecule has 1 aromatic carbocycles. The van der Waals surface area contributed by atoms with Crippen molar-refractivity contribution < 1.29 is 4.79 Å². The lowest BCUT2D eigenvalue weighted by Crippen LogP contribution is -2.34. The van der Waals surface area contributed by atoms with E-state index in [4.69, 9.17) is 0 Å². The molecule has 28 heavy (non-hydrogen) atoms. The highest BCUT2D eigenvalue weighted by molar-refractivity contribution is 5.89. The second-order valence-corrected chi connectivity index (χ2v) is 6.77. The molecule has 4 aromatic rings. The van der Waals surface area contributed by atoms with Crippen LogP contribution in [-0.2, 0) is 13.1 Å². The lowest BCUT2D eigenvalue weighted by Gasteiger charge is -2.20. The number of aryl methyl sites for hydroxylation is 1. The number of hydrogen-bond donors (Lipinski definition) is 1. The standard InChI is InChI=1S/C20H19N7O/c28-20(24-16-12-23-27(13-16)19-21-7-3-8-22-19)25-9-4-10-26-17(14-25)11-15-5-1-2-6-18(15)26/h1-3,5-8,11-13H,4,9-10,14H2,(H,24,28). The Bertz CT molecular complexity index is 1130. The molecule has 1 N–H and O–H groups in total. The molecule has 0 bridgehead atoms. The van der Waals surface area contributed by atoms with Crippen molar-refractivity contribution in [1.29, 1.82) is 0 Å². The number of nitrogens with one attached hydrogen (secondary N) is 1. The minimum atomic E-state index is -0.132. The molecule has 3 aromatic heterocycles. The summed E-state index contributed by atoms with van der Waals surface area (Å²) >= 11 is 0. The molecular weight excluding hydrogens is 354 g/mol. The van der Waals surface area contributed by atoms with Crippen LogP contribution in [0, 0.1) is 0 Å². The van der Waals surface area contributed by atoms with Crippen molar-refractivity contribution in [3.63, 3.8) is 0 Å². The topological polar surface area (TPSA) is 80.9 Å². The van der Waals surface area contributed by atoms with Crippen LogP contribution in [0.15, 0.2) is 61.2 Å². The maximum absolute atomic E-state index is 12.8. The predicted molar refractivity (Wildman–Crippen MR) is 105 cm³/mol. The molecule has 0 unspecified atom stereocenters. The lowest BCUT2D eigenvalue weighted by molar-refractivity contribution is 0.210. The first kappa shape index (κ1) is 16.5. The quantitative estimate of drug-likeness (QED) is 0.586. The number of hydrogen-bond acceptors (Lipinski definition) is 4. The van der Waals surface area contributed by atoms with E-state index in [1.54, 1.807) is 30.9 Å². The number of amides is 2. The van der Waals surface area contributed by atoms with E-state index in [1.807, 2.05) is 11.0 Å². The fourth-order valence-electron chi connectivity index (χ4n) is 3.64. The van der Waals surface area contributed by atoms with Crippen molar-refractivity contribution in [2.24, 2.45) is 0 Å². The first-order valence-corrected chi connectivity index (χ1v) is 9.23. The van der Waals surface area contributed by atoms with E-state index in [1.165, 1.54) is 15.6 Å². The number of anilines is 1. The van der Waals surface area contributed by atoms with Gasteiger partial charge in [0, 0.05) is 36.7 Å². The molecule has 0 aliphatic carbocycles. The summed E-state index contributed by atoms with van der Waals surface area (Å²) in [4.78, 5) is 23.0. The SMILES string of the molecule is O=C(Nc1cnn(-c2ncccn2)c1)N1CCCn2c(cc3ccccc32)C1. The zero-order valence-electron chi connectivity index (χ0n) is 15.2. The van der Waals surface area contributed by atoms with Gasteiger partial charge in [-0.05, 0) is 30.0 Å². The third-order valence-electron chi connectivity index (χ3n) is 4.94. The van der Waals surface area contributed by atoms with Crippen LogP contribution in [-0.4, -0.2) is 41.8 Å². The predicted octanol–water partition coefficient (Wildman–Crippen LogP) is 3.05. The molecule has 1 aliphatic heterocycles. The van der Waals surface area contributed by atoms with Crippen LogP contribution in [0.1, 0.15) is 12.1 Å². The highest BCUT2D eigenvalue weighted by Gasteiger charge is 2.21. The van der Waals surface area contributed by atoms with Crippen molar-refractivity contribution in [1.82, 2.24) is 29.2 Å². The maximum Gasteiger partial charge on any atom is 0.322 e. The Labute approximate surface area is 161 Å². The van der Waals surface area contributed by atoms with Gasteiger partial charge >= 0.3 is 6.03 Å². The van der Waals surface area contributed by atoms with Crippen LogP contribution in [0.4, 0.5) is 10.5 Å². The van der Waals surface area contributed by atoms with E-state index >= 15 is 0 Å². The van der Waals surface area contributed by atoms with E-state index < -0.39 is 0 Å². The molecule has 0 radical (unpaired) electrons. The molecular formula is C20H19N7O. The number of carbonyl (C=O) groups is 1. The Morgan fingerprint density at radius 1 is 1.07 bits per heavy atom. The van der Waals surface area contributed by atoms with Crippen molar-refractivity contribution in [2.45, 2.75) is 19.5 Å². The van der Waals surface area contributed by atoms with Gasteiger partial charge in [0.05, 0.1) is 24.6 Å². The first-order chi connectivity index (χ1) is 13.8. The Balaban J connectivity index is 1.34. The molecule has 0 saturated heterocycles. The average molecular weight is 373 g/mol. The number of urea groups is 1. The summed E-state index contributed by atoms with van der Waals surface area (Å²) in [5, 5.41) is 8.37. The highest BCUT2D eigenvalue weighted by Crippen LogP contribution is 2.24. The number of nitrogens with zero attached hydrogens (tertiary/aromatic N) is 6. The van der Waals surface area contributed by atoms with Gasteiger partial charge in [-0.2, -0.15) is 5.10 Å². The van der Waals surface area contributed by atoms with Gasteiger partial charge in [-0.1, -0.05) is 18.2 Å². The smallest absolute Gasteiger partial charge is 0.322 e.